The van der Waals surface area contributed by atoms with Gasteiger partial charge in [0.1, 0.15) is 11.5 Å². The molecule has 3 aromatic rings. The Bertz CT molecular complexity index is 1570. The number of nitrogens with zero attached hydrogens (tertiary/aromatic N) is 2. The van der Waals surface area contributed by atoms with Crippen molar-refractivity contribution in [2.45, 2.75) is 71.0 Å². The third kappa shape index (κ3) is 11.6. The predicted molar refractivity (Wildman–Crippen MR) is 190 cm³/mol. The number of aliphatic hydroxyl groups is 1. The molecule has 0 spiro atoms. The first kappa shape index (κ1) is 39.5. The van der Waals surface area contributed by atoms with E-state index in [1.165, 1.54) is 6.07 Å². The topological polar surface area (TPSA) is 113 Å². The van der Waals surface area contributed by atoms with Gasteiger partial charge < -0.3 is 34.9 Å². The molecule has 0 bridgehead atoms. The van der Waals surface area contributed by atoms with Crippen LogP contribution in [0.1, 0.15) is 61.5 Å². The third-order valence-electron chi connectivity index (χ3n) is 8.88. The second-order valence-electron chi connectivity index (χ2n) is 13.2. The Kier molecular flexibility index (Phi) is 14.1. The predicted octanol–water partition coefficient (Wildman–Crippen LogP) is 7.29. The Labute approximate surface area is 297 Å². The van der Waals surface area contributed by atoms with E-state index in [0.717, 1.165) is 54.8 Å². The highest BCUT2D eigenvalue weighted by atomic mass is 19.4. The number of urea groups is 1. The molecule has 1 heterocycles. The number of carbonyl (C=O) groups excluding carboxylic acids is 2. The summed E-state index contributed by atoms with van der Waals surface area (Å²) in [6.07, 6.45) is -2.53. The van der Waals surface area contributed by atoms with Crippen LogP contribution in [0.2, 0.25) is 0 Å². The molecule has 1 aliphatic heterocycles. The molecule has 278 valence electrons. The SMILES string of the molecule is COc1ccc(CN(C)C[C@H]2OCCCC[C@H](C)Oc3ccc(NC(=O)Nc4ccc(C(F)(F)F)cc4)cc3C(=O)N([C@H](C)CO)C[C@@H]2C)cc1. The van der Waals surface area contributed by atoms with Gasteiger partial charge in [0.05, 0.1) is 43.1 Å². The van der Waals surface area contributed by atoms with Crippen molar-refractivity contribution < 1.29 is 42.1 Å². The highest BCUT2D eigenvalue weighted by Gasteiger charge is 2.31. The Balaban J connectivity index is 1.56. The maximum Gasteiger partial charge on any atom is 0.416 e. The zero-order valence-corrected chi connectivity index (χ0v) is 29.8. The Morgan fingerprint density at radius 1 is 1.04 bits per heavy atom. The minimum atomic E-state index is -4.50. The first-order valence-corrected chi connectivity index (χ1v) is 17.2. The molecule has 0 radical (unpaired) electrons. The molecular weight excluding hydrogens is 665 g/mol. The van der Waals surface area contributed by atoms with E-state index >= 15 is 0 Å². The number of nitrogens with one attached hydrogen (secondary N) is 2. The summed E-state index contributed by atoms with van der Waals surface area (Å²) in [6, 6.07) is 15.5. The van der Waals surface area contributed by atoms with Crippen molar-refractivity contribution in [1.29, 1.82) is 0 Å². The lowest BCUT2D eigenvalue weighted by Crippen LogP contribution is -2.47. The first-order chi connectivity index (χ1) is 24.3. The fourth-order valence-corrected chi connectivity index (χ4v) is 5.91. The lowest BCUT2D eigenvalue weighted by atomic mass is 10.0. The molecule has 0 saturated heterocycles. The Morgan fingerprint density at radius 3 is 2.35 bits per heavy atom. The standard InChI is InChI=1S/C38H49F3N4O6/c1-25-21-45(26(2)24-46)36(47)33-20-31(43-37(48)42-30-13-11-29(12-14-30)38(39,40)41)15-18-34(33)51-27(3)8-6-7-19-50-35(25)23-44(4)22-28-9-16-32(49-5)17-10-28/h9-18,20,25-27,35,46H,6-8,19,21-24H2,1-5H3,(H2,42,43,48)/t25-,26+,27-,35+/m0/s1. The number of fused-ring (bicyclic) bond motifs is 1. The first-order valence-electron chi connectivity index (χ1n) is 17.2. The summed E-state index contributed by atoms with van der Waals surface area (Å²) in [7, 11) is 3.66. The minimum absolute atomic E-state index is 0.122. The van der Waals surface area contributed by atoms with E-state index in [4.69, 9.17) is 14.2 Å². The molecule has 4 rings (SSSR count). The van der Waals surface area contributed by atoms with Gasteiger partial charge in [-0.2, -0.15) is 13.2 Å². The van der Waals surface area contributed by atoms with Crippen LogP contribution in [0.15, 0.2) is 66.7 Å². The van der Waals surface area contributed by atoms with Crippen molar-refractivity contribution in [2.75, 3.05) is 51.1 Å². The summed E-state index contributed by atoms with van der Waals surface area (Å²) in [6.45, 7) is 7.59. The molecule has 0 aromatic heterocycles. The summed E-state index contributed by atoms with van der Waals surface area (Å²) in [5, 5.41) is 15.4. The third-order valence-corrected chi connectivity index (χ3v) is 8.88. The van der Waals surface area contributed by atoms with Crippen molar-refractivity contribution >= 4 is 23.3 Å². The highest BCUT2D eigenvalue weighted by molar-refractivity contribution is 6.02. The lowest BCUT2D eigenvalue weighted by molar-refractivity contribution is -0.137. The molecule has 0 aliphatic carbocycles. The maximum absolute atomic E-state index is 14.4. The molecule has 3 amide bonds. The van der Waals surface area contributed by atoms with Gasteiger partial charge in [-0.25, -0.2) is 4.79 Å². The highest BCUT2D eigenvalue weighted by Crippen LogP contribution is 2.31. The van der Waals surface area contributed by atoms with Gasteiger partial charge in [0.15, 0.2) is 0 Å². The second kappa shape index (κ2) is 18.2. The van der Waals surface area contributed by atoms with Gasteiger partial charge in [-0.1, -0.05) is 19.1 Å². The van der Waals surface area contributed by atoms with Crippen LogP contribution in [-0.2, 0) is 17.5 Å². The number of alkyl halides is 3. The minimum Gasteiger partial charge on any atom is -0.497 e. The molecule has 1 aliphatic rings. The summed E-state index contributed by atoms with van der Waals surface area (Å²) >= 11 is 0. The van der Waals surface area contributed by atoms with Crippen LogP contribution in [0.25, 0.3) is 0 Å². The molecule has 3 aromatic carbocycles. The number of rotatable bonds is 9. The van der Waals surface area contributed by atoms with Crippen LogP contribution in [0.3, 0.4) is 0 Å². The zero-order chi connectivity index (χ0) is 37.1. The van der Waals surface area contributed by atoms with Crippen molar-refractivity contribution in [1.82, 2.24) is 9.80 Å². The van der Waals surface area contributed by atoms with Gasteiger partial charge in [0.2, 0.25) is 0 Å². The van der Waals surface area contributed by atoms with Crippen LogP contribution in [0.5, 0.6) is 11.5 Å². The van der Waals surface area contributed by atoms with E-state index in [9.17, 15) is 27.9 Å². The second-order valence-corrected chi connectivity index (χ2v) is 13.2. The van der Waals surface area contributed by atoms with Crippen molar-refractivity contribution in [3.05, 3.63) is 83.4 Å². The Hall–Kier alpha value is -4.33. The van der Waals surface area contributed by atoms with Crippen LogP contribution >= 0.6 is 0 Å². The number of benzene rings is 3. The van der Waals surface area contributed by atoms with E-state index < -0.39 is 23.8 Å². The fraction of sp³-hybridized carbons (Fsp3) is 0.474. The van der Waals surface area contributed by atoms with Gasteiger partial charge >= 0.3 is 12.2 Å². The number of amides is 3. The number of hydrogen-bond acceptors (Lipinski definition) is 7. The molecule has 13 heteroatoms. The number of ether oxygens (including phenoxy) is 3. The summed E-state index contributed by atoms with van der Waals surface area (Å²) in [5.74, 6) is 0.619. The number of hydrogen-bond donors (Lipinski definition) is 3. The molecule has 10 nitrogen and oxygen atoms in total. The number of anilines is 2. The van der Waals surface area contributed by atoms with E-state index in [-0.39, 0.29) is 54.1 Å². The van der Waals surface area contributed by atoms with Gasteiger partial charge in [-0.3, -0.25) is 9.69 Å². The maximum atomic E-state index is 14.4. The van der Waals surface area contributed by atoms with E-state index in [0.29, 0.717) is 25.4 Å². The van der Waals surface area contributed by atoms with E-state index in [1.54, 1.807) is 31.1 Å². The smallest absolute Gasteiger partial charge is 0.416 e. The molecule has 4 atom stereocenters. The largest absolute Gasteiger partial charge is 0.497 e. The molecular formula is C38H49F3N4O6. The zero-order valence-electron chi connectivity index (χ0n) is 29.8. The number of carbonyl (C=O) groups is 2. The summed E-state index contributed by atoms with van der Waals surface area (Å²) < 4.78 is 56.9. The van der Waals surface area contributed by atoms with Crippen molar-refractivity contribution in [2.24, 2.45) is 5.92 Å². The average molecular weight is 715 g/mol. The Morgan fingerprint density at radius 2 is 1.71 bits per heavy atom. The van der Waals surface area contributed by atoms with E-state index in [1.807, 2.05) is 45.2 Å². The normalized spacial score (nSPS) is 19.8. The molecule has 3 N–H and O–H groups in total. The number of halogens is 3. The van der Waals surface area contributed by atoms with Gasteiger partial charge in [0.25, 0.3) is 5.91 Å². The number of methoxy groups -OCH3 is 1. The average Bonchev–Trinajstić information content (AvgIpc) is 3.09. The summed E-state index contributed by atoms with van der Waals surface area (Å²) in [5.41, 5.74) is 0.931. The molecule has 0 fully saturated rings. The van der Waals surface area contributed by atoms with E-state index in [2.05, 4.69) is 15.5 Å². The van der Waals surface area contributed by atoms with Crippen LogP contribution < -0.4 is 20.1 Å². The summed E-state index contributed by atoms with van der Waals surface area (Å²) in [4.78, 5) is 31.0. The van der Waals surface area contributed by atoms with Crippen molar-refractivity contribution in [3.63, 3.8) is 0 Å². The van der Waals surface area contributed by atoms with Crippen LogP contribution in [0.4, 0.5) is 29.3 Å². The van der Waals surface area contributed by atoms with Crippen LogP contribution in [-0.4, -0.2) is 85.6 Å². The van der Waals surface area contributed by atoms with Crippen LogP contribution in [0, 0.1) is 5.92 Å². The number of likely N-dealkylation sites (N-methyl/N-ethyl adjacent to an activating group) is 1. The van der Waals surface area contributed by atoms with Gasteiger partial charge in [0, 0.05) is 43.5 Å². The lowest BCUT2D eigenvalue weighted by Gasteiger charge is -2.36. The molecule has 51 heavy (non-hydrogen) atoms. The fourth-order valence-electron chi connectivity index (χ4n) is 5.91. The quantitative estimate of drug-likeness (QED) is 0.214. The number of aliphatic hydroxyl groups excluding tert-OH is 1. The van der Waals surface area contributed by atoms with Crippen molar-refractivity contribution in [3.8, 4) is 11.5 Å². The molecule has 0 unspecified atom stereocenters. The van der Waals surface area contributed by atoms with Gasteiger partial charge in [-0.05, 0) is 100 Å². The monoisotopic (exact) mass is 714 g/mol. The molecule has 0 saturated carbocycles. The van der Waals surface area contributed by atoms with Gasteiger partial charge in [-0.15, -0.1) is 0 Å².